The van der Waals surface area contributed by atoms with E-state index in [0.717, 1.165) is 11.1 Å². The molecule has 0 saturated heterocycles. The van der Waals surface area contributed by atoms with Gasteiger partial charge in [-0.05, 0) is 23.6 Å². The van der Waals surface area contributed by atoms with Gasteiger partial charge in [0.1, 0.15) is 0 Å². The fourth-order valence-corrected chi connectivity index (χ4v) is 1.88. The van der Waals surface area contributed by atoms with Crippen LogP contribution in [-0.4, -0.2) is 5.91 Å². The molecule has 3 heteroatoms. The molecule has 0 unspecified atom stereocenters. The van der Waals surface area contributed by atoms with E-state index in [1.165, 1.54) is 0 Å². The van der Waals surface area contributed by atoms with E-state index < -0.39 is 5.91 Å². The summed E-state index contributed by atoms with van der Waals surface area (Å²) in [5, 5.41) is 0. The van der Waals surface area contributed by atoms with Gasteiger partial charge in [0.15, 0.2) is 0 Å². The first kappa shape index (κ1) is 11.2. The third-order valence-electron chi connectivity index (χ3n) is 2.67. The normalized spacial score (nSPS) is 10.1. The highest BCUT2D eigenvalue weighted by Gasteiger charge is 2.11. The number of primary amides is 1. The van der Waals surface area contributed by atoms with Crippen molar-refractivity contribution in [1.29, 1.82) is 0 Å². The number of amides is 1. The first-order valence-corrected chi connectivity index (χ1v) is 5.39. The molecule has 0 atom stereocenters. The molecule has 0 radical (unpaired) electrons. The molecule has 2 rings (SSSR count). The number of hydrogen-bond donors (Lipinski definition) is 2. The second kappa shape index (κ2) is 4.70. The van der Waals surface area contributed by atoms with Crippen LogP contribution in [0.5, 0.6) is 0 Å². The number of carbonyl (C=O) groups is 1. The summed E-state index contributed by atoms with van der Waals surface area (Å²) in [6.45, 7) is 0. The van der Waals surface area contributed by atoms with Crippen molar-refractivity contribution in [3.05, 3.63) is 65.2 Å². The Hall–Kier alpha value is -2.29. The summed E-state index contributed by atoms with van der Waals surface area (Å²) in [6.07, 6.45) is 0.657. The summed E-state index contributed by atoms with van der Waals surface area (Å²) in [4.78, 5) is 11.4. The zero-order valence-electron chi connectivity index (χ0n) is 9.39. The predicted molar refractivity (Wildman–Crippen MR) is 68.6 cm³/mol. The minimum absolute atomic E-state index is 0.427. The smallest absolute Gasteiger partial charge is 0.251 e. The summed E-state index contributed by atoms with van der Waals surface area (Å²) in [6, 6.07) is 15.3. The van der Waals surface area contributed by atoms with E-state index in [1.54, 1.807) is 6.07 Å². The van der Waals surface area contributed by atoms with Crippen LogP contribution < -0.4 is 11.5 Å². The Labute approximate surface area is 100 Å². The van der Waals surface area contributed by atoms with Crippen molar-refractivity contribution in [3.8, 4) is 0 Å². The molecule has 4 N–H and O–H groups in total. The van der Waals surface area contributed by atoms with Crippen molar-refractivity contribution in [2.75, 3.05) is 5.73 Å². The van der Waals surface area contributed by atoms with Crippen LogP contribution in [0.15, 0.2) is 48.5 Å². The minimum Gasteiger partial charge on any atom is -0.398 e. The van der Waals surface area contributed by atoms with Gasteiger partial charge in [0, 0.05) is 5.69 Å². The van der Waals surface area contributed by atoms with Crippen molar-refractivity contribution in [2.45, 2.75) is 6.42 Å². The number of nitrogen functional groups attached to an aromatic ring is 1. The van der Waals surface area contributed by atoms with Crippen molar-refractivity contribution in [3.63, 3.8) is 0 Å². The minimum atomic E-state index is -0.478. The molecule has 0 aliphatic rings. The number of carbonyl (C=O) groups excluding carboxylic acids is 1. The van der Waals surface area contributed by atoms with Crippen LogP contribution in [-0.2, 0) is 6.42 Å². The van der Waals surface area contributed by atoms with Gasteiger partial charge >= 0.3 is 0 Å². The zero-order valence-corrected chi connectivity index (χ0v) is 9.39. The van der Waals surface area contributed by atoms with Crippen LogP contribution >= 0.6 is 0 Å². The predicted octanol–water partition coefficient (Wildman–Crippen LogP) is 1.96. The Kier molecular flexibility index (Phi) is 3.10. The van der Waals surface area contributed by atoms with Gasteiger partial charge in [-0.3, -0.25) is 4.79 Å². The standard InChI is InChI=1S/C14H14N2O/c15-12-8-4-7-11(13(12)14(16)17)9-10-5-2-1-3-6-10/h1-8H,9,15H2,(H2,16,17). The van der Waals surface area contributed by atoms with Gasteiger partial charge in [0.2, 0.25) is 0 Å². The zero-order chi connectivity index (χ0) is 12.3. The lowest BCUT2D eigenvalue weighted by atomic mass is 9.98. The number of anilines is 1. The van der Waals surface area contributed by atoms with E-state index in [4.69, 9.17) is 11.5 Å². The average Bonchev–Trinajstić information content (AvgIpc) is 2.30. The van der Waals surface area contributed by atoms with Gasteiger partial charge < -0.3 is 11.5 Å². The highest BCUT2D eigenvalue weighted by Crippen LogP contribution is 2.19. The maximum absolute atomic E-state index is 11.4. The van der Waals surface area contributed by atoms with Gasteiger partial charge in [-0.1, -0.05) is 42.5 Å². The van der Waals surface area contributed by atoms with Crippen LogP contribution in [0.2, 0.25) is 0 Å². The Morgan fingerprint density at radius 1 is 1.00 bits per heavy atom. The summed E-state index contributed by atoms with van der Waals surface area (Å²) < 4.78 is 0. The van der Waals surface area contributed by atoms with Crippen LogP contribution in [0.1, 0.15) is 21.5 Å². The van der Waals surface area contributed by atoms with Crippen LogP contribution in [0.3, 0.4) is 0 Å². The van der Waals surface area contributed by atoms with E-state index >= 15 is 0 Å². The number of hydrogen-bond acceptors (Lipinski definition) is 2. The topological polar surface area (TPSA) is 69.1 Å². The molecule has 86 valence electrons. The third kappa shape index (κ3) is 2.45. The average molecular weight is 226 g/mol. The first-order chi connectivity index (χ1) is 8.18. The van der Waals surface area contributed by atoms with Crippen LogP contribution in [0.25, 0.3) is 0 Å². The van der Waals surface area contributed by atoms with Crippen LogP contribution in [0.4, 0.5) is 5.69 Å². The molecular weight excluding hydrogens is 212 g/mol. The molecule has 2 aromatic rings. The number of nitrogens with two attached hydrogens (primary N) is 2. The van der Waals surface area contributed by atoms with Gasteiger partial charge in [-0.2, -0.15) is 0 Å². The second-order valence-corrected chi connectivity index (χ2v) is 3.91. The van der Waals surface area contributed by atoms with E-state index in [1.807, 2.05) is 42.5 Å². The van der Waals surface area contributed by atoms with Gasteiger partial charge in [0.25, 0.3) is 5.91 Å². The molecule has 0 spiro atoms. The van der Waals surface area contributed by atoms with Crippen molar-refractivity contribution >= 4 is 11.6 Å². The molecule has 17 heavy (non-hydrogen) atoms. The molecule has 0 aliphatic carbocycles. The van der Waals surface area contributed by atoms with Gasteiger partial charge in [-0.15, -0.1) is 0 Å². The summed E-state index contributed by atoms with van der Waals surface area (Å²) in [5.74, 6) is -0.478. The lowest BCUT2D eigenvalue weighted by molar-refractivity contribution is 0.100. The summed E-state index contributed by atoms with van der Waals surface area (Å²) in [5.41, 5.74) is 14.0. The highest BCUT2D eigenvalue weighted by atomic mass is 16.1. The fourth-order valence-electron chi connectivity index (χ4n) is 1.88. The SMILES string of the molecule is NC(=O)c1c(N)cccc1Cc1ccccc1. The summed E-state index contributed by atoms with van der Waals surface area (Å²) >= 11 is 0. The molecule has 0 saturated carbocycles. The molecule has 0 heterocycles. The Bertz CT molecular complexity index is 535. The van der Waals surface area contributed by atoms with Gasteiger partial charge in [0.05, 0.1) is 5.56 Å². The van der Waals surface area contributed by atoms with Crippen molar-refractivity contribution in [2.24, 2.45) is 5.73 Å². The van der Waals surface area contributed by atoms with Crippen molar-refractivity contribution < 1.29 is 4.79 Å². The molecule has 0 bridgehead atoms. The third-order valence-corrected chi connectivity index (χ3v) is 2.67. The molecule has 2 aromatic carbocycles. The Morgan fingerprint density at radius 3 is 2.35 bits per heavy atom. The summed E-state index contributed by atoms with van der Waals surface area (Å²) in [7, 11) is 0. The monoisotopic (exact) mass is 226 g/mol. The maximum Gasteiger partial charge on any atom is 0.251 e. The Balaban J connectivity index is 2.40. The molecule has 0 aliphatic heterocycles. The van der Waals surface area contributed by atoms with E-state index in [-0.39, 0.29) is 0 Å². The second-order valence-electron chi connectivity index (χ2n) is 3.91. The maximum atomic E-state index is 11.4. The van der Waals surface area contributed by atoms with Crippen molar-refractivity contribution in [1.82, 2.24) is 0 Å². The molecular formula is C14H14N2O. The Morgan fingerprint density at radius 2 is 1.71 bits per heavy atom. The largest absolute Gasteiger partial charge is 0.398 e. The van der Waals surface area contributed by atoms with Gasteiger partial charge in [-0.25, -0.2) is 0 Å². The fraction of sp³-hybridized carbons (Fsp3) is 0.0714. The van der Waals surface area contributed by atoms with E-state index in [9.17, 15) is 4.79 Å². The highest BCUT2D eigenvalue weighted by molar-refractivity contribution is 5.99. The van der Waals surface area contributed by atoms with E-state index in [0.29, 0.717) is 17.7 Å². The lowest BCUT2D eigenvalue weighted by Crippen LogP contribution is -2.16. The number of rotatable bonds is 3. The molecule has 0 fully saturated rings. The van der Waals surface area contributed by atoms with E-state index in [2.05, 4.69) is 0 Å². The first-order valence-electron chi connectivity index (χ1n) is 5.39. The van der Waals surface area contributed by atoms with Crippen LogP contribution in [0, 0.1) is 0 Å². The molecule has 3 nitrogen and oxygen atoms in total. The molecule has 1 amide bonds. The molecule has 0 aromatic heterocycles. The quantitative estimate of drug-likeness (QED) is 0.785. The number of benzene rings is 2. The lowest BCUT2D eigenvalue weighted by Gasteiger charge is -2.09.